The van der Waals surface area contributed by atoms with E-state index in [2.05, 4.69) is 89.5 Å². The second-order valence-corrected chi connectivity index (χ2v) is 8.25. The van der Waals surface area contributed by atoms with E-state index in [1.54, 1.807) is 13.3 Å². The molecule has 0 aliphatic heterocycles. The van der Waals surface area contributed by atoms with Gasteiger partial charge in [0.2, 0.25) is 0 Å². The highest BCUT2D eigenvalue weighted by atomic mass is 16.5. The quantitative estimate of drug-likeness (QED) is 0.371. The molecule has 1 aromatic heterocycles. The molecule has 0 aliphatic carbocycles. The summed E-state index contributed by atoms with van der Waals surface area (Å²) >= 11 is 0. The highest BCUT2D eigenvalue weighted by Gasteiger charge is 2.11. The molecular formula is C27H30N4O. The Kier molecular flexibility index (Phi) is 6.87. The maximum Gasteiger partial charge on any atom is 0.119 e. The first-order valence-corrected chi connectivity index (χ1v) is 10.8. The molecule has 0 bridgehead atoms. The van der Waals surface area contributed by atoms with Crippen LogP contribution in [0.1, 0.15) is 16.7 Å². The van der Waals surface area contributed by atoms with Crippen LogP contribution in [0.4, 0.5) is 5.69 Å². The second kappa shape index (κ2) is 10.2. The normalized spacial score (nSPS) is 11.0. The summed E-state index contributed by atoms with van der Waals surface area (Å²) < 4.78 is 7.47. The molecule has 0 spiro atoms. The molecule has 164 valence electrons. The van der Waals surface area contributed by atoms with Crippen LogP contribution in [0.2, 0.25) is 0 Å². The molecule has 0 saturated heterocycles. The van der Waals surface area contributed by atoms with Crippen LogP contribution in [0, 0.1) is 0 Å². The first-order chi connectivity index (χ1) is 15.6. The van der Waals surface area contributed by atoms with Crippen molar-refractivity contribution in [3.05, 3.63) is 108 Å². The highest BCUT2D eigenvalue weighted by molar-refractivity contribution is 5.50. The van der Waals surface area contributed by atoms with Gasteiger partial charge in [-0.1, -0.05) is 36.4 Å². The third-order valence-electron chi connectivity index (χ3n) is 5.39. The standard InChI is InChI=1S/C27H30N4O/c1-29(2)18-22-10-12-25(13-11-22)31(20-24-7-5-9-27(17-24)32-3)19-23-6-4-8-26(16-23)30-15-14-28-21-30/h4-17,21H,18-20H2,1-3H3. The van der Waals surface area contributed by atoms with Gasteiger partial charge in [0.25, 0.3) is 0 Å². The van der Waals surface area contributed by atoms with E-state index in [-0.39, 0.29) is 0 Å². The maximum absolute atomic E-state index is 5.44. The summed E-state index contributed by atoms with van der Waals surface area (Å²) in [5.41, 5.74) is 6.08. The van der Waals surface area contributed by atoms with Gasteiger partial charge in [0.1, 0.15) is 5.75 Å². The fraction of sp³-hybridized carbons (Fsp3) is 0.222. The van der Waals surface area contributed by atoms with E-state index in [1.807, 2.05) is 29.2 Å². The van der Waals surface area contributed by atoms with Gasteiger partial charge in [-0.05, 0) is 67.2 Å². The summed E-state index contributed by atoms with van der Waals surface area (Å²) in [6, 6.07) is 25.8. The number of benzene rings is 3. The van der Waals surface area contributed by atoms with E-state index in [0.717, 1.165) is 31.1 Å². The second-order valence-electron chi connectivity index (χ2n) is 8.25. The molecular weight excluding hydrogens is 396 g/mol. The molecule has 32 heavy (non-hydrogen) atoms. The lowest BCUT2D eigenvalue weighted by molar-refractivity contribution is 0.402. The van der Waals surface area contributed by atoms with Crippen LogP contribution in [0.15, 0.2) is 91.5 Å². The summed E-state index contributed by atoms with van der Waals surface area (Å²) in [5.74, 6) is 0.880. The van der Waals surface area contributed by atoms with Gasteiger partial charge in [-0.25, -0.2) is 4.98 Å². The largest absolute Gasteiger partial charge is 0.497 e. The average molecular weight is 427 g/mol. The van der Waals surface area contributed by atoms with Crippen molar-refractivity contribution >= 4 is 5.69 Å². The maximum atomic E-state index is 5.44. The van der Waals surface area contributed by atoms with Gasteiger partial charge in [0, 0.05) is 43.4 Å². The van der Waals surface area contributed by atoms with Crippen molar-refractivity contribution in [3.63, 3.8) is 0 Å². The Balaban J connectivity index is 1.62. The molecule has 1 heterocycles. The molecule has 5 nitrogen and oxygen atoms in total. The lowest BCUT2D eigenvalue weighted by Gasteiger charge is -2.26. The Morgan fingerprint density at radius 3 is 2.19 bits per heavy atom. The first kappa shape index (κ1) is 21.7. The van der Waals surface area contributed by atoms with Crippen LogP contribution in [0.3, 0.4) is 0 Å². The fourth-order valence-electron chi connectivity index (χ4n) is 3.85. The minimum Gasteiger partial charge on any atom is -0.497 e. The van der Waals surface area contributed by atoms with E-state index >= 15 is 0 Å². The lowest BCUT2D eigenvalue weighted by Crippen LogP contribution is -2.22. The van der Waals surface area contributed by atoms with Crippen LogP contribution < -0.4 is 9.64 Å². The van der Waals surface area contributed by atoms with Gasteiger partial charge in [-0.2, -0.15) is 0 Å². The topological polar surface area (TPSA) is 33.5 Å². The Hall–Kier alpha value is -3.57. The van der Waals surface area contributed by atoms with Crippen molar-refractivity contribution in [2.24, 2.45) is 0 Å². The monoisotopic (exact) mass is 426 g/mol. The molecule has 4 aromatic rings. The third-order valence-corrected chi connectivity index (χ3v) is 5.39. The molecule has 0 saturated carbocycles. The van der Waals surface area contributed by atoms with E-state index < -0.39 is 0 Å². The van der Waals surface area contributed by atoms with Crippen molar-refractivity contribution < 1.29 is 4.74 Å². The predicted octanol–water partition coefficient (Wildman–Crippen LogP) is 5.15. The molecule has 0 aliphatic rings. The summed E-state index contributed by atoms with van der Waals surface area (Å²) in [5, 5.41) is 0. The van der Waals surface area contributed by atoms with E-state index in [1.165, 1.54) is 22.4 Å². The van der Waals surface area contributed by atoms with Crippen LogP contribution in [0.5, 0.6) is 5.75 Å². The molecule has 5 heteroatoms. The summed E-state index contributed by atoms with van der Waals surface area (Å²) in [7, 11) is 5.90. The van der Waals surface area contributed by atoms with Gasteiger partial charge in [-0.3, -0.25) is 0 Å². The van der Waals surface area contributed by atoms with Gasteiger partial charge in [-0.15, -0.1) is 0 Å². The number of anilines is 1. The molecule has 0 atom stereocenters. The Bertz CT molecular complexity index is 1120. The molecule has 0 N–H and O–H groups in total. The molecule has 0 fully saturated rings. The summed E-state index contributed by atoms with van der Waals surface area (Å²) in [4.78, 5) is 8.76. The minimum atomic E-state index is 0.791. The SMILES string of the molecule is COc1cccc(CN(Cc2cccc(-n3ccnc3)c2)c2ccc(CN(C)C)cc2)c1. The number of hydrogen-bond acceptors (Lipinski definition) is 4. The predicted molar refractivity (Wildman–Crippen MR) is 130 cm³/mol. The summed E-state index contributed by atoms with van der Waals surface area (Å²) in [6.45, 7) is 2.52. The van der Waals surface area contributed by atoms with Gasteiger partial charge >= 0.3 is 0 Å². The highest BCUT2D eigenvalue weighted by Crippen LogP contribution is 2.24. The van der Waals surface area contributed by atoms with Crippen molar-refractivity contribution in [2.75, 3.05) is 26.1 Å². The molecule has 0 radical (unpaired) electrons. The zero-order chi connectivity index (χ0) is 22.3. The van der Waals surface area contributed by atoms with E-state index in [4.69, 9.17) is 4.74 Å². The van der Waals surface area contributed by atoms with Crippen molar-refractivity contribution in [3.8, 4) is 11.4 Å². The zero-order valence-electron chi connectivity index (χ0n) is 19.0. The molecule has 3 aromatic carbocycles. The summed E-state index contributed by atoms with van der Waals surface area (Å²) in [6.07, 6.45) is 5.60. The number of nitrogens with zero attached hydrogens (tertiary/aromatic N) is 4. The Labute approximate surface area is 190 Å². The molecule has 0 amide bonds. The Morgan fingerprint density at radius 1 is 0.812 bits per heavy atom. The number of imidazole rings is 1. The van der Waals surface area contributed by atoms with Crippen molar-refractivity contribution in [1.82, 2.24) is 14.5 Å². The van der Waals surface area contributed by atoms with Crippen LogP contribution in [0.25, 0.3) is 5.69 Å². The minimum absolute atomic E-state index is 0.791. The first-order valence-electron chi connectivity index (χ1n) is 10.8. The lowest BCUT2D eigenvalue weighted by atomic mass is 10.1. The number of rotatable bonds is 9. The van der Waals surface area contributed by atoms with Crippen LogP contribution >= 0.6 is 0 Å². The number of aromatic nitrogens is 2. The van der Waals surface area contributed by atoms with Crippen molar-refractivity contribution in [1.29, 1.82) is 0 Å². The van der Waals surface area contributed by atoms with Crippen LogP contribution in [-0.4, -0.2) is 35.7 Å². The molecule has 0 unspecified atom stereocenters. The van der Waals surface area contributed by atoms with E-state index in [0.29, 0.717) is 0 Å². The van der Waals surface area contributed by atoms with Gasteiger partial charge in [0.15, 0.2) is 0 Å². The Morgan fingerprint density at radius 2 is 1.53 bits per heavy atom. The number of methoxy groups -OCH3 is 1. The van der Waals surface area contributed by atoms with Crippen molar-refractivity contribution in [2.45, 2.75) is 19.6 Å². The molecule has 4 rings (SSSR count). The van der Waals surface area contributed by atoms with Gasteiger partial charge in [0.05, 0.1) is 13.4 Å². The number of ether oxygens (including phenoxy) is 1. The van der Waals surface area contributed by atoms with E-state index in [9.17, 15) is 0 Å². The third kappa shape index (κ3) is 5.56. The average Bonchev–Trinajstić information content (AvgIpc) is 3.34. The number of hydrogen-bond donors (Lipinski definition) is 0. The van der Waals surface area contributed by atoms with Gasteiger partial charge < -0.3 is 19.1 Å². The smallest absolute Gasteiger partial charge is 0.119 e. The fourth-order valence-corrected chi connectivity index (χ4v) is 3.85. The van der Waals surface area contributed by atoms with Crippen LogP contribution in [-0.2, 0) is 19.6 Å². The zero-order valence-corrected chi connectivity index (χ0v) is 19.0.